The summed E-state index contributed by atoms with van der Waals surface area (Å²) in [5.74, 6) is -0.619. The largest absolute Gasteiger partial charge is 0.461 e. The van der Waals surface area contributed by atoms with Gasteiger partial charge >= 0.3 is 5.97 Å². The highest BCUT2D eigenvalue weighted by atomic mass is 32.1. The number of nitrogens with zero attached hydrogens (tertiary/aromatic N) is 1. The van der Waals surface area contributed by atoms with E-state index in [1.54, 1.807) is 24.3 Å². The Bertz CT molecular complexity index is 837. The Kier molecular flexibility index (Phi) is 8.34. The highest BCUT2D eigenvalue weighted by Gasteiger charge is 2.23. The second-order valence-corrected chi connectivity index (χ2v) is 8.31. The van der Waals surface area contributed by atoms with E-state index in [2.05, 4.69) is 22.8 Å². The number of amides is 1. The molecule has 2 aromatic rings. The number of anilines is 1. The van der Waals surface area contributed by atoms with E-state index < -0.39 is 5.25 Å². The molecule has 0 saturated carbocycles. The van der Waals surface area contributed by atoms with Gasteiger partial charge in [-0.05, 0) is 49.7 Å². The van der Waals surface area contributed by atoms with E-state index >= 15 is 0 Å². The third-order valence-electron chi connectivity index (χ3n) is 5.52. The molecular formula is C24H30N2O3S. The molecule has 30 heavy (non-hydrogen) atoms. The molecule has 2 unspecified atom stereocenters. The molecule has 2 atom stereocenters. The van der Waals surface area contributed by atoms with Crippen LogP contribution in [0.4, 0.5) is 5.69 Å². The third kappa shape index (κ3) is 6.34. The summed E-state index contributed by atoms with van der Waals surface area (Å²) in [5, 5.41) is 2.36. The molecule has 160 valence electrons. The maximum atomic E-state index is 12.6. The molecule has 1 fully saturated rings. The van der Waals surface area contributed by atoms with Crippen molar-refractivity contribution >= 4 is 30.2 Å². The molecule has 1 aliphatic heterocycles. The van der Waals surface area contributed by atoms with Gasteiger partial charge in [0.25, 0.3) is 0 Å². The van der Waals surface area contributed by atoms with Crippen LogP contribution in [0.1, 0.15) is 48.0 Å². The fourth-order valence-electron chi connectivity index (χ4n) is 3.64. The average molecular weight is 427 g/mol. The number of ether oxygens (including phenoxy) is 1. The van der Waals surface area contributed by atoms with Crippen molar-refractivity contribution in [3.05, 3.63) is 65.7 Å². The van der Waals surface area contributed by atoms with E-state index in [0.29, 0.717) is 17.9 Å². The number of nitrogens with one attached hydrogen (secondary N) is 1. The maximum absolute atomic E-state index is 12.6. The van der Waals surface area contributed by atoms with Crippen LogP contribution in [0, 0.1) is 0 Å². The average Bonchev–Trinajstić information content (AvgIpc) is 2.79. The summed E-state index contributed by atoms with van der Waals surface area (Å²) in [6.07, 6.45) is 3.71. The fraction of sp³-hybridized carbons (Fsp3) is 0.417. The van der Waals surface area contributed by atoms with Gasteiger partial charge < -0.3 is 10.1 Å². The van der Waals surface area contributed by atoms with E-state index in [-0.39, 0.29) is 17.8 Å². The first-order valence-corrected chi connectivity index (χ1v) is 11.1. The quantitative estimate of drug-likeness (QED) is 0.486. The SMILES string of the molecule is CC(c1ccccc1)C(S)C(=O)Nc1cccc(C(=O)OCCN2CCCCC2)c1. The zero-order chi connectivity index (χ0) is 21.3. The Labute approximate surface area is 184 Å². The number of piperidine rings is 1. The molecule has 1 aliphatic rings. The van der Waals surface area contributed by atoms with Crippen molar-refractivity contribution in [2.45, 2.75) is 37.4 Å². The molecule has 0 aromatic heterocycles. The molecule has 1 saturated heterocycles. The Morgan fingerprint density at radius 2 is 1.80 bits per heavy atom. The molecule has 0 spiro atoms. The molecule has 1 amide bonds. The van der Waals surface area contributed by atoms with Gasteiger partial charge in [0.2, 0.25) is 5.91 Å². The lowest BCUT2D eigenvalue weighted by atomic mass is 9.97. The molecule has 0 radical (unpaired) electrons. The van der Waals surface area contributed by atoms with Crippen molar-refractivity contribution in [3.63, 3.8) is 0 Å². The van der Waals surface area contributed by atoms with Crippen molar-refractivity contribution < 1.29 is 14.3 Å². The summed E-state index contributed by atoms with van der Waals surface area (Å²) in [5.41, 5.74) is 2.04. The van der Waals surface area contributed by atoms with Gasteiger partial charge in [0, 0.05) is 18.2 Å². The summed E-state index contributed by atoms with van der Waals surface area (Å²) < 4.78 is 5.43. The molecule has 6 heteroatoms. The molecule has 3 rings (SSSR count). The monoisotopic (exact) mass is 426 g/mol. The minimum absolute atomic E-state index is 0.0440. The van der Waals surface area contributed by atoms with E-state index in [9.17, 15) is 9.59 Å². The molecule has 2 aromatic carbocycles. The molecule has 0 aliphatic carbocycles. The Hall–Kier alpha value is -2.31. The van der Waals surface area contributed by atoms with Gasteiger partial charge in [0.15, 0.2) is 0 Å². The predicted molar refractivity (Wildman–Crippen MR) is 123 cm³/mol. The number of carbonyl (C=O) groups is 2. The fourth-order valence-corrected chi connectivity index (χ4v) is 3.88. The number of rotatable bonds is 8. The second kappa shape index (κ2) is 11.2. The van der Waals surface area contributed by atoms with Crippen LogP contribution < -0.4 is 5.32 Å². The van der Waals surface area contributed by atoms with Crippen molar-refractivity contribution in [1.82, 2.24) is 4.90 Å². The van der Waals surface area contributed by atoms with Gasteiger partial charge in [0.05, 0.1) is 10.8 Å². The standard InChI is InChI=1S/C24H30N2O3S/c1-18(19-9-4-2-5-10-19)22(30)23(27)25-21-12-8-11-20(17-21)24(28)29-16-15-26-13-6-3-7-14-26/h2,4-5,8-12,17-18,22,30H,3,6-7,13-16H2,1H3,(H,25,27). The van der Waals surface area contributed by atoms with Crippen molar-refractivity contribution in [1.29, 1.82) is 0 Å². The topological polar surface area (TPSA) is 58.6 Å². The first kappa shape index (κ1) is 22.4. The first-order chi connectivity index (χ1) is 14.5. The smallest absolute Gasteiger partial charge is 0.338 e. The van der Waals surface area contributed by atoms with Crippen molar-refractivity contribution in [3.8, 4) is 0 Å². The van der Waals surface area contributed by atoms with Crippen LogP contribution in [-0.2, 0) is 9.53 Å². The number of esters is 1. The highest BCUT2D eigenvalue weighted by Crippen LogP contribution is 2.24. The van der Waals surface area contributed by atoms with Crippen LogP contribution in [0.25, 0.3) is 0 Å². The number of hydrogen-bond donors (Lipinski definition) is 2. The zero-order valence-corrected chi connectivity index (χ0v) is 18.3. The predicted octanol–water partition coefficient (Wildman–Crippen LogP) is 4.37. The van der Waals surface area contributed by atoms with E-state index in [1.807, 2.05) is 37.3 Å². The van der Waals surface area contributed by atoms with Crippen LogP contribution in [0.5, 0.6) is 0 Å². The Morgan fingerprint density at radius 3 is 2.53 bits per heavy atom. The lowest BCUT2D eigenvalue weighted by molar-refractivity contribution is -0.116. The number of carbonyl (C=O) groups excluding carboxylic acids is 2. The summed E-state index contributed by atoms with van der Waals surface area (Å²) in [6, 6.07) is 16.7. The Balaban J connectivity index is 1.52. The summed E-state index contributed by atoms with van der Waals surface area (Å²) in [7, 11) is 0. The van der Waals surface area contributed by atoms with E-state index in [4.69, 9.17) is 4.74 Å². The first-order valence-electron chi connectivity index (χ1n) is 10.6. The zero-order valence-electron chi connectivity index (χ0n) is 17.4. The van der Waals surface area contributed by atoms with Crippen LogP contribution in [-0.4, -0.2) is 48.3 Å². The third-order valence-corrected chi connectivity index (χ3v) is 6.20. The van der Waals surface area contributed by atoms with Crippen molar-refractivity contribution in [2.24, 2.45) is 0 Å². The van der Waals surface area contributed by atoms with E-state index in [1.165, 1.54) is 19.3 Å². The minimum Gasteiger partial charge on any atom is -0.461 e. The Morgan fingerprint density at radius 1 is 1.07 bits per heavy atom. The van der Waals surface area contributed by atoms with E-state index in [0.717, 1.165) is 25.2 Å². The van der Waals surface area contributed by atoms with Gasteiger partial charge in [-0.1, -0.05) is 49.7 Å². The highest BCUT2D eigenvalue weighted by molar-refractivity contribution is 7.81. The number of benzene rings is 2. The molecule has 0 bridgehead atoms. The van der Waals surface area contributed by atoms with Crippen LogP contribution in [0.15, 0.2) is 54.6 Å². The molecule has 1 N–H and O–H groups in total. The van der Waals surface area contributed by atoms with Gasteiger partial charge in [0.1, 0.15) is 6.61 Å². The van der Waals surface area contributed by atoms with Gasteiger partial charge in [-0.3, -0.25) is 9.69 Å². The molecular weight excluding hydrogens is 396 g/mol. The summed E-state index contributed by atoms with van der Waals surface area (Å²) in [4.78, 5) is 27.4. The van der Waals surface area contributed by atoms with Crippen LogP contribution in [0.2, 0.25) is 0 Å². The molecule has 1 heterocycles. The van der Waals surface area contributed by atoms with Crippen molar-refractivity contribution in [2.75, 3.05) is 31.6 Å². The van der Waals surface area contributed by atoms with Crippen LogP contribution in [0.3, 0.4) is 0 Å². The second-order valence-electron chi connectivity index (χ2n) is 7.75. The number of hydrogen-bond acceptors (Lipinski definition) is 5. The van der Waals surface area contributed by atoms with Gasteiger partial charge in [-0.15, -0.1) is 0 Å². The minimum atomic E-state index is -0.507. The number of likely N-dealkylation sites (tertiary alicyclic amines) is 1. The summed E-state index contributed by atoms with van der Waals surface area (Å²) in [6.45, 7) is 5.27. The van der Waals surface area contributed by atoms with Crippen LogP contribution >= 0.6 is 12.6 Å². The van der Waals surface area contributed by atoms with Gasteiger partial charge in [-0.25, -0.2) is 4.79 Å². The van der Waals surface area contributed by atoms with Gasteiger partial charge in [-0.2, -0.15) is 12.6 Å². The normalized spacial score (nSPS) is 16.5. The maximum Gasteiger partial charge on any atom is 0.338 e. The number of thiol groups is 1. The lowest BCUT2D eigenvalue weighted by Gasteiger charge is -2.25. The molecule has 5 nitrogen and oxygen atoms in total. The lowest BCUT2D eigenvalue weighted by Crippen LogP contribution is -2.33. The summed E-state index contributed by atoms with van der Waals surface area (Å²) >= 11 is 4.52.